The summed E-state index contributed by atoms with van der Waals surface area (Å²) in [7, 11) is 4.30. The molecule has 0 radical (unpaired) electrons. The predicted molar refractivity (Wildman–Crippen MR) is 100 cm³/mol. The number of carbonyl (C=O) groups is 1. The van der Waals surface area contributed by atoms with Gasteiger partial charge in [0.25, 0.3) is 5.91 Å². The zero-order valence-electron chi connectivity index (χ0n) is 13.9. The lowest BCUT2D eigenvalue weighted by atomic mass is 9.91. The van der Waals surface area contributed by atoms with Gasteiger partial charge in [-0.2, -0.15) is 11.3 Å². The van der Waals surface area contributed by atoms with Crippen LogP contribution in [0.2, 0.25) is 0 Å². The number of carbonyl (C=O) groups excluding carboxylic acids is 1. The van der Waals surface area contributed by atoms with Crippen LogP contribution in [0.1, 0.15) is 28.0 Å². The number of amides is 1. The quantitative estimate of drug-likeness (QED) is 0.760. The molecule has 4 rings (SSSR count). The predicted octanol–water partition coefficient (Wildman–Crippen LogP) is 3.90. The number of aromatic nitrogens is 1. The monoisotopic (exact) mass is 339 g/mol. The number of hydrogen-bond acceptors (Lipinski definition) is 3. The Bertz CT molecular complexity index is 880. The van der Waals surface area contributed by atoms with Gasteiger partial charge in [-0.25, -0.2) is 0 Å². The summed E-state index contributed by atoms with van der Waals surface area (Å²) in [4.78, 5) is 18.1. The highest BCUT2D eigenvalue weighted by molar-refractivity contribution is 7.08. The average molecular weight is 339 g/mol. The number of likely N-dealkylation sites (N-methyl/N-ethyl adjacent to an activating group) is 1. The summed E-state index contributed by atoms with van der Waals surface area (Å²) in [5, 5.41) is 8.03. The molecule has 0 aliphatic heterocycles. The highest BCUT2D eigenvalue weighted by Gasteiger charge is 2.23. The summed E-state index contributed by atoms with van der Waals surface area (Å²) in [5.74, 6) is -0.0498. The topological polar surface area (TPSA) is 48.1 Å². The largest absolute Gasteiger partial charge is 0.358 e. The van der Waals surface area contributed by atoms with Crippen molar-refractivity contribution < 1.29 is 4.79 Å². The first kappa shape index (κ1) is 15.4. The maximum Gasteiger partial charge on any atom is 0.256 e. The van der Waals surface area contributed by atoms with Crippen molar-refractivity contribution in [1.29, 1.82) is 0 Å². The van der Waals surface area contributed by atoms with Crippen molar-refractivity contribution in [3.05, 3.63) is 51.8 Å². The Labute approximate surface area is 145 Å². The lowest BCUT2D eigenvalue weighted by Crippen LogP contribution is -2.33. The molecule has 5 heteroatoms. The normalized spacial score (nSPS) is 17.2. The molecule has 2 heterocycles. The van der Waals surface area contributed by atoms with Crippen LogP contribution in [0, 0.1) is 0 Å². The van der Waals surface area contributed by atoms with Gasteiger partial charge < -0.3 is 15.2 Å². The van der Waals surface area contributed by atoms with E-state index in [1.54, 1.807) is 0 Å². The molecule has 0 spiro atoms. The molecule has 2 aromatic heterocycles. The minimum atomic E-state index is -0.0498. The highest BCUT2D eigenvalue weighted by Crippen LogP contribution is 2.32. The maximum absolute atomic E-state index is 12.3. The van der Waals surface area contributed by atoms with Crippen molar-refractivity contribution in [2.45, 2.75) is 25.3 Å². The fourth-order valence-corrected chi connectivity index (χ4v) is 4.15. The van der Waals surface area contributed by atoms with Crippen molar-refractivity contribution in [2.75, 3.05) is 19.4 Å². The van der Waals surface area contributed by atoms with Crippen molar-refractivity contribution >= 4 is 33.8 Å². The number of H-pyrrole nitrogens is 1. The number of rotatable bonds is 3. The van der Waals surface area contributed by atoms with Gasteiger partial charge in [0.2, 0.25) is 0 Å². The first-order chi connectivity index (χ1) is 11.6. The van der Waals surface area contributed by atoms with E-state index in [1.807, 2.05) is 22.9 Å². The molecule has 1 aliphatic rings. The summed E-state index contributed by atoms with van der Waals surface area (Å²) >= 11 is 1.53. The van der Waals surface area contributed by atoms with Crippen LogP contribution in [-0.4, -0.2) is 35.9 Å². The van der Waals surface area contributed by atoms with Crippen LogP contribution in [0.15, 0.2) is 35.0 Å². The minimum Gasteiger partial charge on any atom is -0.358 e. The number of benzene rings is 1. The van der Waals surface area contributed by atoms with Gasteiger partial charge in [-0.3, -0.25) is 4.79 Å². The molecule has 1 aliphatic carbocycles. The second-order valence-corrected chi connectivity index (χ2v) is 7.45. The molecule has 1 unspecified atom stereocenters. The SMILES string of the molecule is CN(C)C1CCc2[nH]c3ccc(NC(=O)c4ccsc4)cc3c2C1. The fraction of sp³-hybridized carbons (Fsp3) is 0.316. The summed E-state index contributed by atoms with van der Waals surface area (Å²) < 4.78 is 0. The van der Waals surface area contributed by atoms with Gasteiger partial charge in [-0.05, 0) is 68.6 Å². The van der Waals surface area contributed by atoms with Gasteiger partial charge in [-0.15, -0.1) is 0 Å². The molecule has 1 amide bonds. The Morgan fingerprint density at radius 1 is 1.33 bits per heavy atom. The van der Waals surface area contributed by atoms with Crippen LogP contribution in [0.25, 0.3) is 10.9 Å². The molecule has 124 valence electrons. The number of anilines is 1. The van der Waals surface area contributed by atoms with Gasteiger partial charge in [0.05, 0.1) is 5.56 Å². The third kappa shape index (κ3) is 2.74. The lowest BCUT2D eigenvalue weighted by molar-refractivity contribution is 0.102. The Balaban J connectivity index is 1.65. The molecule has 0 bridgehead atoms. The fourth-order valence-electron chi connectivity index (χ4n) is 3.51. The van der Waals surface area contributed by atoms with E-state index in [2.05, 4.69) is 41.4 Å². The lowest BCUT2D eigenvalue weighted by Gasteiger charge is -2.28. The van der Waals surface area contributed by atoms with Crippen LogP contribution in [-0.2, 0) is 12.8 Å². The third-order valence-electron chi connectivity index (χ3n) is 4.93. The Morgan fingerprint density at radius 2 is 2.21 bits per heavy atom. The highest BCUT2D eigenvalue weighted by atomic mass is 32.1. The van der Waals surface area contributed by atoms with Gasteiger partial charge in [0.15, 0.2) is 0 Å². The number of fused-ring (bicyclic) bond motifs is 3. The molecular weight excluding hydrogens is 318 g/mol. The van der Waals surface area contributed by atoms with Gasteiger partial charge in [0, 0.05) is 33.7 Å². The van der Waals surface area contributed by atoms with E-state index < -0.39 is 0 Å². The molecule has 0 saturated heterocycles. The number of nitrogens with one attached hydrogen (secondary N) is 2. The van der Waals surface area contributed by atoms with Crippen LogP contribution in [0.4, 0.5) is 5.69 Å². The number of thiophene rings is 1. The second kappa shape index (κ2) is 6.07. The van der Waals surface area contributed by atoms with Crippen molar-refractivity contribution in [2.24, 2.45) is 0 Å². The summed E-state index contributed by atoms with van der Waals surface area (Å²) in [6, 6.07) is 8.57. The van der Waals surface area contributed by atoms with Crippen molar-refractivity contribution in [3.8, 4) is 0 Å². The van der Waals surface area contributed by atoms with Gasteiger partial charge in [0.1, 0.15) is 0 Å². The third-order valence-corrected chi connectivity index (χ3v) is 5.62. The van der Waals surface area contributed by atoms with E-state index in [-0.39, 0.29) is 5.91 Å². The van der Waals surface area contributed by atoms with Crippen molar-refractivity contribution in [3.63, 3.8) is 0 Å². The molecule has 4 nitrogen and oxygen atoms in total. The number of hydrogen-bond donors (Lipinski definition) is 2. The average Bonchev–Trinajstić information content (AvgIpc) is 3.21. The first-order valence-corrected chi connectivity index (χ1v) is 9.19. The Morgan fingerprint density at radius 3 is 2.96 bits per heavy atom. The number of aryl methyl sites for hydroxylation is 1. The Kier molecular flexibility index (Phi) is 3.90. The van der Waals surface area contributed by atoms with Gasteiger partial charge >= 0.3 is 0 Å². The zero-order valence-corrected chi connectivity index (χ0v) is 14.7. The molecule has 1 aromatic carbocycles. The minimum absolute atomic E-state index is 0.0498. The summed E-state index contributed by atoms with van der Waals surface area (Å²) in [6.45, 7) is 0. The molecule has 1 atom stereocenters. The molecule has 3 aromatic rings. The van der Waals surface area contributed by atoms with Gasteiger partial charge in [-0.1, -0.05) is 0 Å². The molecule has 0 fully saturated rings. The van der Waals surface area contributed by atoms with E-state index in [4.69, 9.17) is 0 Å². The molecule has 24 heavy (non-hydrogen) atoms. The van der Waals surface area contributed by atoms with E-state index in [1.165, 1.54) is 34.4 Å². The van der Waals surface area contributed by atoms with E-state index >= 15 is 0 Å². The van der Waals surface area contributed by atoms with Crippen molar-refractivity contribution in [1.82, 2.24) is 9.88 Å². The summed E-state index contributed by atoms with van der Waals surface area (Å²) in [5.41, 5.74) is 5.48. The van der Waals surface area contributed by atoms with Crippen LogP contribution in [0.5, 0.6) is 0 Å². The smallest absolute Gasteiger partial charge is 0.256 e. The van der Waals surface area contributed by atoms with Crippen LogP contribution >= 0.6 is 11.3 Å². The Hall–Kier alpha value is -2.11. The number of nitrogens with zero attached hydrogens (tertiary/aromatic N) is 1. The molecular formula is C19H21N3OS. The number of aromatic amines is 1. The summed E-state index contributed by atoms with van der Waals surface area (Å²) in [6.07, 6.45) is 3.34. The standard InChI is InChI=1S/C19H21N3OS/c1-22(2)14-4-6-18-16(10-14)15-9-13(3-5-17(15)21-18)20-19(23)12-7-8-24-11-12/h3,5,7-9,11,14,21H,4,6,10H2,1-2H3,(H,20,23). The second-order valence-electron chi connectivity index (χ2n) is 6.67. The van der Waals surface area contributed by atoms with Crippen LogP contribution < -0.4 is 5.32 Å². The maximum atomic E-state index is 12.3. The van der Waals surface area contributed by atoms with E-state index in [0.717, 1.165) is 24.0 Å². The zero-order chi connectivity index (χ0) is 16.7. The molecule has 0 saturated carbocycles. The van der Waals surface area contributed by atoms with Crippen LogP contribution in [0.3, 0.4) is 0 Å². The molecule has 2 N–H and O–H groups in total. The van der Waals surface area contributed by atoms with E-state index in [9.17, 15) is 4.79 Å². The van der Waals surface area contributed by atoms with E-state index in [0.29, 0.717) is 11.6 Å². The first-order valence-electron chi connectivity index (χ1n) is 8.25.